The van der Waals surface area contributed by atoms with E-state index in [0.29, 0.717) is 18.0 Å². The van der Waals surface area contributed by atoms with Crippen LogP contribution in [0.2, 0.25) is 0 Å². The van der Waals surface area contributed by atoms with E-state index in [1.807, 2.05) is 23.9 Å². The molecule has 6 heteroatoms. The van der Waals surface area contributed by atoms with Crippen LogP contribution in [0.1, 0.15) is 5.56 Å². The summed E-state index contributed by atoms with van der Waals surface area (Å²) in [4.78, 5) is 0.442. The number of rotatable bonds is 2. The van der Waals surface area contributed by atoms with Gasteiger partial charge in [0.2, 0.25) is 10.0 Å². The molecule has 2 aliphatic rings. The molecular weight excluding hydrogens is 268 g/mol. The standard InChI is InChI=1S/C12H16N2O2S2/c15-18(16,14-5-7-17-8-6-14)11-1-2-12-10(9-11)3-4-13-12/h1-2,9,13H,3-8H2. The van der Waals surface area contributed by atoms with Crippen molar-refractivity contribution in [2.75, 3.05) is 36.5 Å². The highest BCUT2D eigenvalue weighted by molar-refractivity contribution is 7.99. The van der Waals surface area contributed by atoms with Gasteiger partial charge in [0.25, 0.3) is 0 Å². The van der Waals surface area contributed by atoms with Gasteiger partial charge in [0.1, 0.15) is 0 Å². The summed E-state index contributed by atoms with van der Waals surface area (Å²) in [6.45, 7) is 2.16. The molecule has 0 bridgehead atoms. The molecule has 0 amide bonds. The zero-order valence-electron chi connectivity index (χ0n) is 10.1. The van der Waals surface area contributed by atoms with Crippen LogP contribution in [0, 0.1) is 0 Å². The first-order valence-corrected chi connectivity index (χ1v) is 8.72. The molecule has 0 atom stereocenters. The van der Waals surface area contributed by atoms with Crippen LogP contribution in [0.25, 0.3) is 0 Å². The second-order valence-corrected chi connectivity index (χ2v) is 7.67. The zero-order valence-corrected chi connectivity index (χ0v) is 11.7. The van der Waals surface area contributed by atoms with E-state index in [0.717, 1.165) is 35.7 Å². The molecule has 98 valence electrons. The number of fused-ring (bicyclic) bond motifs is 1. The van der Waals surface area contributed by atoms with Crippen LogP contribution in [0.3, 0.4) is 0 Å². The molecule has 0 unspecified atom stereocenters. The smallest absolute Gasteiger partial charge is 0.243 e. The fourth-order valence-electron chi connectivity index (χ4n) is 2.38. The van der Waals surface area contributed by atoms with Crippen LogP contribution in [-0.4, -0.2) is 43.9 Å². The fourth-order valence-corrected chi connectivity index (χ4v) is 5.00. The number of sulfonamides is 1. The van der Waals surface area contributed by atoms with E-state index in [-0.39, 0.29) is 0 Å². The van der Waals surface area contributed by atoms with Gasteiger partial charge in [-0.15, -0.1) is 0 Å². The molecule has 2 heterocycles. The first-order valence-electron chi connectivity index (χ1n) is 6.12. The Morgan fingerprint density at radius 3 is 2.78 bits per heavy atom. The lowest BCUT2D eigenvalue weighted by molar-refractivity contribution is 0.443. The number of nitrogens with zero attached hydrogens (tertiary/aromatic N) is 1. The second kappa shape index (κ2) is 4.75. The van der Waals surface area contributed by atoms with Gasteiger partial charge in [-0.2, -0.15) is 16.1 Å². The third-order valence-corrected chi connectivity index (χ3v) is 6.23. The maximum atomic E-state index is 12.5. The molecule has 18 heavy (non-hydrogen) atoms. The summed E-state index contributed by atoms with van der Waals surface area (Å²) in [7, 11) is -3.29. The lowest BCUT2D eigenvalue weighted by Gasteiger charge is -2.25. The molecule has 1 aromatic carbocycles. The van der Waals surface area contributed by atoms with E-state index in [9.17, 15) is 8.42 Å². The minimum atomic E-state index is -3.29. The van der Waals surface area contributed by atoms with E-state index < -0.39 is 10.0 Å². The Labute approximate surface area is 112 Å². The van der Waals surface area contributed by atoms with E-state index in [4.69, 9.17) is 0 Å². The highest BCUT2D eigenvalue weighted by Crippen LogP contribution is 2.27. The van der Waals surface area contributed by atoms with Crippen molar-refractivity contribution in [3.8, 4) is 0 Å². The Bertz CT molecular complexity index is 551. The van der Waals surface area contributed by atoms with Gasteiger partial charge in [0, 0.05) is 36.8 Å². The molecule has 1 fully saturated rings. The van der Waals surface area contributed by atoms with Crippen LogP contribution in [-0.2, 0) is 16.4 Å². The minimum Gasteiger partial charge on any atom is -0.384 e. The number of benzene rings is 1. The number of hydrogen-bond donors (Lipinski definition) is 1. The summed E-state index contributed by atoms with van der Waals surface area (Å²) < 4.78 is 26.6. The average Bonchev–Trinajstić information content (AvgIpc) is 2.87. The van der Waals surface area contributed by atoms with Crippen molar-refractivity contribution in [2.45, 2.75) is 11.3 Å². The summed E-state index contributed by atoms with van der Waals surface area (Å²) in [6, 6.07) is 5.43. The number of anilines is 1. The maximum Gasteiger partial charge on any atom is 0.243 e. The molecule has 0 saturated carbocycles. The first kappa shape index (κ1) is 12.3. The summed E-state index contributed by atoms with van der Waals surface area (Å²) in [6.07, 6.45) is 0.911. The molecule has 4 nitrogen and oxygen atoms in total. The van der Waals surface area contributed by atoms with Gasteiger partial charge in [-0.3, -0.25) is 0 Å². The highest BCUT2D eigenvalue weighted by atomic mass is 32.2. The van der Waals surface area contributed by atoms with E-state index in [2.05, 4.69) is 5.32 Å². The van der Waals surface area contributed by atoms with Crippen LogP contribution >= 0.6 is 11.8 Å². The molecule has 0 radical (unpaired) electrons. The molecule has 1 N–H and O–H groups in total. The third-order valence-electron chi connectivity index (χ3n) is 3.39. The van der Waals surface area contributed by atoms with E-state index in [1.54, 1.807) is 10.4 Å². The van der Waals surface area contributed by atoms with Crippen molar-refractivity contribution in [1.29, 1.82) is 0 Å². The number of nitrogens with one attached hydrogen (secondary N) is 1. The zero-order chi connectivity index (χ0) is 12.6. The number of thioether (sulfide) groups is 1. The Hall–Kier alpha value is -0.720. The van der Waals surface area contributed by atoms with Gasteiger partial charge in [0.15, 0.2) is 0 Å². The summed E-state index contributed by atoms with van der Waals surface area (Å²) in [5.41, 5.74) is 2.19. The van der Waals surface area contributed by atoms with Crippen LogP contribution in [0.4, 0.5) is 5.69 Å². The quantitative estimate of drug-likeness (QED) is 0.892. The normalized spacial score (nSPS) is 20.4. The molecule has 0 aliphatic carbocycles. The Kier molecular flexibility index (Phi) is 3.25. The first-order chi connectivity index (χ1) is 8.68. The third kappa shape index (κ3) is 2.13. The lowest BCUT2D eigenvalue weighted by atomic mass is 10.2. The monoisotopic (exact) mass is 284 g/mol. The molecule has 1 aromatic rings. The molecule has 2 aliphatic heterocycles. The molecular formula is C12H16N2O2S2. The van der Waals surface area contributed by atoms with Crippen molar-refractivity contribution in [3.05, 3.63) is 23.8 Å². The predicted octanol–water partition coefficient (Wildman–Crippen LogP) is 1.39. The van der Waals surface area contributed by atoms with Crippen LogP contribution < -0.4 is 5.32 Å². The molecule has 1 saturated heterocycles. The Morgan fingerprint density at radius 2 is 2.00 bits per heavy atom. The Balaban J connectivity index is 1.93. The van der Waals surface area contributed by atoms with Gasteiger partial charge in [-0.05, 0) is 30.2 Å². The predicted molar refractivity (Wildman–Crippen MR) is 74.7 cm³/mol. The maximum absolute atomic E-state index is 12.5. The van der Waals surface area contributed by atoms with Crippen molar-refractivity contribution in [1.82, 2.24) is 4.31 Å². The molecule has 3 rings (SSSR count). The summed E-state index contributed by atoms with van der Waals surface area (Å²) in [5, 5.41) is 3.25. The van der Waals surface area contributed by atoms with Gasteiger partial charge in [-0.1, -0.05) is 0 Å². The highest BCUT2D eigenvalue weighted by Gasteiger charge is 2.27. The van der Waals surface area contributed by atoms with E-state index in [1.165, 1.54) is 0 Å². The minimum absolute atomic E-state index is 0.442. The Morgan fingerprint density at radius 1 is 1.22 bits per heavy atom. The SMILES string of the molecule is O=S(=O)(c1ccc2c(c1)CCN2)N1CCSCC1. The van der Waals surface area contributed by atoms with Gasteiger partial charge < -0.3 is 5.32 Å². The van der Waals surface area contributed by atoms with E-state index >= 15 is 0 Å². The van der Waals surface area contributed by atoms with Crippen LogP contribution in [0.5, 0.6) is 0 Å². The summed E-state index contributed by atoms with van der Waals surface area (Å²) in [5.74, 6) is 1.79. The lowest BCUT2D eigenvalue weighted by Crippen LogP contribution is -2.37. The van der Waals surface area contributed by atoms with Gasteiger partial charge in [0.05, 0.1) is 4.90 Å². The molecule has 0 aromatic heterocycles. The number of hydrogen-bond acceptors (Lipinski definition) is 4. The van der Waals surface area contributed by atoms with Gasteiger partial charge >= 0.3 is 0 Å². The largest absolute Gasteiger partial charge is 0.384 e. The topological polar surface area (TPSA) is 49.4 Å². The summed E-state index contributed by atoms with van der Waals surface area (Å²) >= 11 is 1.81. The van der Waals surface area contributed by atoms with Crippen LogP contribution in [0.15, 0.2) is 23.1 Å². The van der Waals surface area contributed by atoms with Crippen molar-refractivity contribution in [3.63, 3.8) is 0 Å². The van der Waals surface area contributed by atoms with Crippen molar-refractivity contribution < 1.29 is 8.42 Å². The van der Waals surface area contributed by atoms with Gasteiger partial charge in [-0.25, -0.2) is 8.42 Å². The average molecular weight is 284 g/mol. The van der Waals surface area contributed by atoms with Crippen molar-refractivity contribution in [2.24, 2.45) is 0 Å². The fraction of sp³-hybridized carbons (Fsp3) is 0.500. The van der Waals surface area contributed by atoms with Crippen molar-refractivity contribution >= 4 is 27.5 Å². The second-order valence-electron chi connectivity index (χ2n) is 4.51. The molecule has 0 spiro atoms.